The lowest BCUT2D eigenvalue weighted by atomic mass is 10.1. The average molecular weight is 294 g/mol. The van der Waals surface area contributed by atoms with E-state index in [4.69, 9.17) is 14.2 Å². The molecular formula is C17H14N2O3. The number of methoxy groups -OCH3 is 1. The zero-order valence-electron chi connectivity index (χ0n) is 12.0. The van der Waals surface area contributed by atoms with Crippen LogP contribution in [0.4, 0.5) is 11.4 Å². The molecule has 0 bridgehead atoms. The molecule has 1 aromatic heterocycles. The molecule has 2 heterocycles. The highest BCUT2D eigenvalue weighted by Gasteiger charge is 2.15. The van der Waals surface area contributed by atoms with Crippen LogP contribution in [0.25, 0.3) is 10.8 Å². The highest BCUT2D eigenvalue weighted by Crippen LogP contribution is 2.38. The summed E-state index contributed by atoms with van der Waals surface area (Å²) in [6.07, 6.45) is 3.60. The van der Waals surface area contributed by atoms with Crippen molar-refractivity contribution in [3.63, 3.8) is 0 Å². The van der Waals surface area contributed by atoms with E-state index in [9.17, 15) is 0 Å². The number of nitrogens with one attached hydrogen (secondary N) is 1. The highest BCUT2D eigenvalue weighted by atomic mass is 16.7. The number of ether oxygens (including phenoxy) is 3. The summed E-state index contributed by atoms with van der Waals surface area (Å²) in [6, 6.07) is 11.7. The molecule has 0 saturated carbocycles. The Hall–Kier alpha value is -2.95. The number of hydrogen-bond acceptors (Lipinski definition) is 5. The van der Waals surface area contributed by atoms with Gasteiger partial charge < -0.3 is 19.5 Å². The van der Waals surface area contributed by atoms with Crippen molar-refractivity contribution in [1.29, 1.82) is 0 Å². The Morgan fingerprint density at radius 2 is 2.00 bits per heavy atom. The molecule has 0 amide bonds. The molecule has 1 N–H and O–H groups in total. The van der Waals surface area contributed by atoms with Crippen LogP contribution in [0.1, 0.15) is 0 Å². The van der Waals surface area contributed by atoms with Gasteiger partial charge in [0.2, 0.25) is 6.79 Å². The van der Waals surface area contributed by atoms with Gasteiger partial charge in [-0.2, -0.15) is 0 Å². The summed E-state index contributed by atoms with van der Waals surface area (Å²) < 4.78 is 16.2. The number of fused-ring (bicyclic) bond motifs is 2. The summed E-state index contributed by atoms with van der Waals surface area (Å²) >= 11 is 0. The molecule has 0 aliphatic carbocycles. The van der Waals surface area contributed by atoms with Gasteiger partial charge in [0.1, 0.15) is 5.75 Å². The summed E-state index contributed by atoms with van der Waals surface area (Å²) in [6.45, 7) is 0.264. The zero-order valence-corrected chi connectivity index (χ0v) is 12.0. The Kier molecular flexibility index (Phi) is 2.96. The molecule has 0 saturated heterocycles. The third-order valence-electron chi connectivity index (χ3n) is 3.65. The number of benzene rings is 2. The molecule has 0 fully saturated rings. The van der Waals surface area contributed by atoms with Crippen LogP contribution in [-0.2, 0) is 0 Å². The Bertz CT molecular complexity index is 848. The molecule has 0 spiro atoms. The lowest BCUT2D eigenvalue weighted by Crippen LogP contribution is -1.96. The molecule has 2 aromatic carbocycles. The number of anilines is 2. The zero-order chi connectivity index (χ0) is 14.9. The summed E-state index contributed by atoms with van der Waals surface area (Å²) in [7, 11) is 1.66. The molecule has 5 nitrogen and oxygen atoms in total. The van der Waals surface area contributed by atoms with E-state index in [0.717, 1.165) is 39.4 Å². The van der Waals surface area contributed by atoms with E-state index in [2.05, 4.69) is 10.3 Å². The molecule has 0 unspecified atom stereocenters. The van der Waals surface area contributed by atoms with Crippen molar-refractivity contribution >= 4 is 22.1 Å². The average Bonchev–Trinajstić information content (AvgIpc) is 3.03. The van der Waals surface area contributed by atoms with Crippen LogP contribution in [-0.4, -0.2) is 18.9 Å². The summed E-state index contributed by atoms with van der Waals surface area (Å²) in [5.74, 6) is 2.26. The maximum atomic E-state index is 5.47. The van der Waals surface area contributed by atoms with Crippen molar-refractivity contribution in [2.45, 2.75) is 0 Å². The number of rotatable bonds is 3. The number of pyridine rings is 1. The molecule has 5 heteroatoms. The monoisotopic (exact) mass is 294 g/mol. The second kappa shape index (κ2) is 5.11. The van der Waals surface area contributed by atoms with E-state index >= 15 is 0 Å². The van der Waals surface area contributed by atoms with E-state index in [1.54, 1.807) is 13.3 Å². The molecule has 4 rings (SSSR count). The summed E-state index contributed by atoms with van der Waals surface area (Å²) in [4.78, 5) is 4.21. The largest absolute Gasteiger partial charge is 0.495 e. The number of hydrogen-bond donors (Lipinski definition) is 1. The second-order valence-electron chi connectivity index (χ2n) is 4.93. The van der Waals surface area contributed by atoms with Gasteiger partial charge in [0, 0.05) is 29.5 Å². The van der Waals surface area contributed by atoms with E-state index in [1.807, 2.05) is 42.6 Å². The molecule has 0 radical (unpaired) electrons. The van der Waals surface area contributed by atoms with Gasteiger partial charge in [-0.1, -0.05) is 6.07 Å². The molecular weight excluding hydrogens is 280 g/mol. The van der Waals surface area contributed by atoms with Crippen LogP contribution >= 0.6 is 0 Å². The quantitative estimate of drug-likeness (QED) is 0.798. The Morgan fingerprint density at radius 1 is 1.09 bits per heavy atom. The van der Waals surface area contributed by atoms with Crippen molar-refractivity contribution in [1.82, 2.24) is 4.98 Å². The highest BCUT2D eigenvalue weighted by molar-refractivity contribution is 5.98. The molecule has 1 aliphatic heterocycles. The van der Waals surface area contributed by atoms with Crippen molar-refractivity contribution in [2.24, 2.45) is 0 Å². The predicted octanol–water partition coefficient (Wildman–Crippen LogP) is 3.72. The minimum atomic E-state index is 0.264. The first-order valence-corrected chi connectivity index (χ1v) is 6.92. The van der Waals surface area contributed by atoms with Gasteiger partial charge in [0.15, 0.2) is 11.5 Å². The number of nitrogens with zero attached hydrogens (tertiary/aromatic N) is 1. The summed E-state index contributed by atoms with van der Waals surface area (Å²) in [5, 5.41) is 5.49. The van der Waals surface area contributed by atoms with Crippen LogP contribution in [0, 0.1) is 0 Å². The van der Waals surface area contributed by atoms with Crippen molar-refractivity contribution in [3.8, 4) is 17.2 Å². The molecule has 3 aromatic rings. The maximum absolute atomic E-state index is 5.47. The van der Waals surface area contributed by atoms with Gasteiger partial charge in [0.25, 0.3) is 0 Å². The fraction of sp³-hybridized carbons (Fsp3) is 0.118. The predicted molar refractivity (Wildman–Crippen MR) is 84.1 cm³/mol. The molecule has 0 atom stereocenters. The van der Waals surface area contributed by atoms with Gasteiger partial charge in [-0.3, -0.25) is 4.98 Å². The van der Waals surface area contributed by atoms with Crippen molar-refractivity contribution in [3.05, 3.63) is 48.8 Å². The van der Waals surface area contributed by atoms with Crippen molar-refractivity contribution in [2.75, 3.05) is 19.2 Å². The molecule has 1 aliphatic rings. The third kappa shape index (κ3) is 2.07. The third-order valence-corrected chi connectivity index (χ3v) is 3.65. The van der Waals surface area contributed by atoms with Crippen LogP contribution in [0.15, 0.2) is 48.8 Å². The van der Waals surface area contributed by atoms with Gasteiger partial charge >= 0.3 is 0 Å². The lowest BCUT2D eigenvalue weighted by Gasteiger charge is -2.14. The topological polar surface area (TPSA) is 52.6 Å². The van der Waals surface area contributed by atoms with Crippen LogP contribution in [0.5, 0.6) is 17.2 Å². The first-order chi connectivity index (χ1) is 10.8. The second-order valence-corrected chi connectivity index (χ2v) is 4.93. The van der Waals surface area contributed by atoms with Crippen molar-refractivity contribution < 1.29 is 14.2 Å². The van der Waals surface area contributed by atoms with E-state index in [1.165, 1.54) is 0 Å². The van der Waals surface area contributed by atoms with Gasteiger partial charge in [-0.15, -0.1) is 0 Å². The van der Waals surface area contributed by atoms with Gasteiger partial charge in [0.05, 0.1) is 12.8 Å². The normalized spacial score (nSPS) is 12.4. The first-order valence-electron chi connectivity index (χ1n) is 6.92. The summed E-state index contributed by atoms with van der Waals surface area (Å²) in [5.41, 5.74) is 1.78. The van der Waals surface area contributed by atoms with E-state index < -0.39 is 0 Å². The van der Waals surface area contributed by atoms with E-state index in [0.29, 0.717) is 0 Å². The van der Waals surface area contributed by atoms with Crippen LogP contribution in [0.2, 0.25) is 0 Å². The van der Waals surface area contributed by atoms with Crippen LogP contribution in [0.3, 0.4) is 0 Å². The fourth-order valence-electron chi connectivity index (χ4n) is 2.56. The smallest absolute Gasteiger partial charge is 0.231 e. The van der Waals surface area contributed by atoms with E-state index in [-0.39, 0.29) is 6.79 Å². The Morgan fingerprint density at radius 3 is 2.91 bits per heavy atom. The van der Waals surface area contributed by atoms with Gasteiger partial charge in [-0.25, -0.2) is 0 Å². The lowest BCUT2D eigenvalue weighted by molar-refractivity contribution is 0.174. The Balaban J connectivity index is 1.80. The fourth-order valence-corrected chi connectivity index (χ4v) is 2.56. The first kappa shape index (κ1) is 12.8. The Labute approximate surface area is 127 Å². The molecule has 22 heavy (non-hydrogen) atoms. The molecule has 110 valence electrons. The maximum Gasteiger partial charge on any atom is 0.231 e. The SMILES string of the molecule is COc1ccc2ccncc2c1Nc1ccc2c(c1)OCO2. The minimum absolute atomic E-state index is 0.264. The van der Waals surface area contributed by atoms with Gasteiger partial charge in [-0.05, 0) is 29.7 Å². The standard InChI is InChI=1S/C17H14N2O3/c1-20-15-4-2-11-6-7-18-9-13(11)17(15)19-12-3-5-14-16(8-12)22-10-21-14/h2-9,19H,10H2,1H3. The number of aromatic nitrogens is 1. The van der Waals surface area contributed by atoms with Crippen LogP contribution < -0.4 is 19.5 Å². The minimum Gasteiger partial charge on any atom is -0.495 e.